The van der Waals surface area contributed by atoms with Crippen LogP contribution in [0.3, 0.4) is 0 Å². The number of pyridine rings is 1. The average Bonchev–Trinajstić information content (AvgIpc) is 2.52. The van der Waals surface area contributed by atoms with Crippen LogP contribution in [-0.4, -0.2) is 22.5 Å². The Kier molecular flexibility index (Phi) is 4.56. The lowest BCUT2D eigenvalue weighted by Gasteiger charge is -2.13. The maximum Gasteiger partial charge on any atom is 0.437 e. The van der Waals surface area contributed by atoms with Crippen LogP contribution in [0.5, 0.6) is 0 Å². The second kappa shape index (κ2) is 6.31. The number of sulfonamides is 1. The summed E-state index contributed by atoms with van der Waals surface area (Å²) in [7, 11) is -8.74. The second-order valence-electron chi connectivity index (χ2n) is 5.38. The van der Waals surface area contributed by atoms with Crippen molar-refractivity contribution in [2.75, 3.05) is 0 Å². The van der Waals surface area contributed by atoms with E-state index in [1.165, 1.54) is 42.5 Å². The summed E-state index contributed by atoms with van der Waals surface area (Å²) in [6.07, 6.45) is 0. The minimum Gasteiger partial charge on any atom is -0.308 e. The SMILES string of the molecule is NS(=O)(=O)c1ccc(-c2cc3c[c]c(=O)n(P(=O)(O)O)c3cc2Cl)cc1. The summed E-state index contributed by atoms with van der Waals surface area (Å²) in [5.74, 6) is 0. The molecule has 0 saturated heterocycles. The minimum absolute atomic E-state index is 0.0445. The van der Waals surface area contributed by atoms with E-state index >= 15 is 0 Å². The first-order valence-corrected chi connectivity index (χ1v) is 10.4. The molecule has 4 N–H and O–H groups in total. The van der Waals surface area contributed by atoms with Crippen LogP contribution >= 0.6 is 19.3 Å². The Morgan fingerprint density at radius 1 is 1.15 bits per heavy atom. The Morgan fingerprint density at radius 3 is 2.31 bits per heavy atom. The topological polar surface area (TPSA) is 140 Å². The Morgan fingerprint density at radius 2 is 1.77 bits per heavy atom. The zero-order valence-corrected chi connectivity index (χ0v) is 15.3. The van der Waals surface area contributed by atoms with Crippen molar-refractivity contribution < 1.29 is 22.8 Å². The Balaban J connectivity index is 2.24. The lowest BCUT2D eigenvalue weighted by molar-refractivity contribution is 0.361. The van der Waals surface area contributed by atoms with Crippen LogP contribution < -0.4 is 10.7 Å². The first-order chi connectivity index (χ1) is 12.0. The molecule has 1 heterocycles. The summed E-state index contributed by atoms with van der Waals surface area (Å²) in [6, 6.07) is 11.9. The van der Waals surface area contributed by atoms with E-state index in [0.717, 1.165) is 0 Å². The van der Waals surface area contributed by atoms with Gasteiger partial charge < -0.3 is 9.79 Å². The van der Waals surface area contributed by atoms with Gasteiger partial charge in [-0.05, 0) is 35.9 Å². The number of aromatic nitrogens is 1. The molecule has 1 radical (unpaired) electrons. The Labute approximate surface area is 152 Å². The van der Waals surface area contributed by atoms with E-state index in [0.29, 0.717) is 20.9 Å². The van der Waals surface area contributed by atoms with Gasteiger partial charge in [-0.2, -0.15) is 0 Å². The summed E-state index contributed by atoms with van der Waals surface area (Å²) >= 11 is 6.22. The van der Waals surface area contributed by atoms with Gasteiger partial charge >= 0.3 is 7.75 Å². The molecule has 0 aliphatic rings. The number of rotatable bonds is 3. The first-order valence-electron chi connectivity index (χ1n) is 6.95. The molecule has 0 fully saturated rings. The van der Waals surface area contributed by atoms with E-state index < -0.39 is 23.3 Å². The van der Waals surface area contributed by atoms with Gasteiger partial charge in [-0.25, -0.2) is 22.5 Å². The molecule has 2 aromatic carbocycles. The van der Waals surface area contributed by atoms with E-state index in [2.05, 4.69) is 6.07 Å². The van der Waals surface area contributed by atoms with Gasteiger partial charge in [0.2, 0.25) is 10.0 Å². The number of fused-ring (bicyclic) bond motifs is 1. The highest BCUT2D eigenvalue weighted by Gasteiger charge is 2.22. The summed E-state index contributed by atoms with van der Waals surface area (Å²) in [5, 5.41) is 5.50. The van der Waals surface area contributed by atoms with E-state index in [1.54, 1.807) is 0 Å². The number of benzene rings is 2. The molecule has 11 heteroatoms. The monoisotopic (exact) mass is 413 g/mol. The molecular formula is C15H11ClN2O6PS. The van der Waals surface area contributed by atoms with E-state index in [4.69, 9.17) is 16.7 Å². The summed E-state index contributed by atoms with van der Waals surface area (Å²) in [4.78, 5) is 30.5. The van der Waals surface area contributed by atoms with Gasteiger partial charge in [0.15, 0.2) is 0 Å². The molecule has 0 saturated carbocycles. The Bertz CT molecular complexity index is 1230. The predicted octanol–water partition coefficient (Wildman–Crippen LogP) is 1.71. The smallest absolute Gasteiger partial charge is 0.308 e. The Hall–Kier alpha value is -2.00. The third-order valence-electron chi connectivity index (χ3n) is 3.64. The average molecular weight is 414 g/mol. The number of nitrogens with two attached hydrogens (primary N) is 1. The molecule has 26 heavy (non-hydrogen) atoms. The van der Waals surface area contributed by atoms with Crippen LogP contribution in [-0.2, 0) is 14.6 Å². The van der Waals surface area contributed by atoms with Gasteiger partial charge in [0.25, 0.3) is 5.56 Å². The quantitative estimate of drug-likeness (QED) is 0.558. The molecule has 3 aromatic rings. The van der Waals surface area contributed by atoms with Crippen LogP contribution in [0, 0.1) is 6.07 Å². The number of primary sulfonamides is 1. The summed E-state index contributed by atoms with van der Waals surface area (Å²) < 4.78 is 34.6. The molecule has 0 atom stereocenters. The van der Waals surface area contributed by atoms with Crippen molar-refractivity contribution in [1.29, 1.82) is 0 Å². The third-order valence-corrected chi connectivity index (χ3v) is 5.80. The molecule has 0 amide bonds. The summed E-state index contributed by atoms with van der Waals surface area (Å²) in [5.41, 5.74) is 0.00632. The highest BCUT2D eigenvalue weighted by atomic mass is 35.5. The fourth-order valence-corrected chi connectivity index (χ4v) is 4.02. The molecular weight excluding hydrogens is 403 g/mol. The summed E-state index contributed by atoms with van der Waals surface area (Å²) in [6.45, 7) is 0. The second-order valence-corrected chi connectivity index (χ2v) is 8.77. The van der Waals surface area contributed by atoms with Crippen molar-refractivity contribution in [3.05, 3.63) is 63.9 Å². The van der Waals surface area contributed by atoms with Crippen molar-refractivity contribution in [3.63, 3.8) is 0 Å². The highest BCUT2D eigenvalue weighted by molar-refractivity contribution is 7.89. The van der Waals surface area contributed by atoms with Crippen LogP contribution in [0.1, 0.15) is 0 Å². The van der Waals surface area contributed by atoms with Gasteiger partial charge in [0.05, 0.1) is 21.5 Å². The maximum absolute atomic E-state index is 11.8. The molecule has 1 aromatic heterocycles. The van der Waals surface area contributed by atoms with Crippen molar-refractivity contribution in [2.24, 2.45) is 5.14 Å². The van der Waals surface area contributed by atoms with Gasteiger partial charge in [-0.3, -0.25) is 4.79 Å². The van der Waals surface area contributed by atoms with Gasteiger partial charge in [-0.1, -0.05) is 23.7 Å². The molecule has 0 aliphatic heterocycles. The van der Waals surface area contributed by atoms with Crippen LogP contribution in [0.2, 0.25) is 5.02 Å². The van der Waals surface area contributed by atoms with Crippen LogP contribution in [0.4, 0.5) is 0 Å². The van der Waals surface area contributed by atoms with Crippen LogP contribution in [0.15, 0.2) is 52.2 Å². The molecule has 0 bridgehead atoms. The fourth-order valence-electron chi connectivity index (χ4n) is 2.49. The predicted molar refractivity (Wildman–Crippen MR) is 96.3 cm³/mol. The lowest BCUT2D eigenvalue weighted by atomic mass is 10.0. The van der Waals surface area contributed by atoms with Crippen molar-refractivity contribution >= 4 is 40.3 Å². The molecule has 135 valence electrons. The standard InChI is InChI=1S/C15H11ClN2O6PS/c16-13-8-14-10(3-6-15(19)18(14)25(20,21)22)7-12(13)9-1-4-11(5-2-9)26(17,23)24/h1-5,7-8H,(H2,17,23,24)(H2,20,21,22). The number of halogens is 1. The van der Waals surface area contributed by atoms with Crippen molar-refractivity contribution in [3.8, 4) is 11.1 Å². The fraction of sp³-hybridized carbons (Fsp3) is 0. The number of hydrogen-bond acceptors (Lipinski definition) is 4. The number of nitrogens with zero attached hydrogens (tertiary/aromatic N) is 1. The maximum atomic E-state index is 11.8. The van der Waals surface area contributed by atoms with Crippen LogP contribution in [0.25, 0.3) is 22.0 Å². The zero-order chi connectivity index (χ0) is 19.3. The molecule has 0 spiro atoms. The highest BCUT2D eigenvalue weighted by Crippen LogP contribution is 2.40. The molecule has 0 aliphatic carbocycles. The largest absolute Gasteiger partial charge is 0.437 e. The van der Waals surface area contributed by atoms with Crippen molar-refractivity contribution in [2.45, 2.75) is 4.90 Å². The van der Waals surface area contributed by atoms with E-state index in [-0.39, 0.29) is 15.4 Å². The van der Waals surface area contributed by atoms with E-state index in [9.17, 15) is 27.6 Å². The van der Waals surface area contributed by atoms with Gasteiger partial charge in [-0.15, -0.1) is 0 Å². The molecule has 3 rings (SSSR count). The minimum atomic E-state index is -4.90. The van der Waals surface area contributed by atoms with Gasteiger partial charge in [0.1, 0.15) is 0 Å². The van der Waals surface area contributed by atoms with E-state index in [1.807, 2.05) is 0 Å². The normalized spacial score (nSPS) is 12.5. The molecule has 0 unspecified atom stereocenters. The van der Waals surface area contributed by atoms with Gasteiger partial charge in [0, 0.05) is 10.9 Å². The first kappa shape index (κ1) is 18.8. The third kappa shape index (κ3) is 3.45. The lowest BCUT2D eigenvalue weighted by Crippen LogP contribution is -2.18. The zero-order valence-electron chi connectivity index (χ0n) is 12.8. The van der Waals surface area contributed by atoms with Crippen molar-refractivity contribution in [1.82, 2.24) is 4.34 Å². The number of hydrogen-bond donors (Lipinski definition) is 3. The molecule has 8 nitrogen and oxygen atoms in total.